The minimum absolute atomic E-state index is 0.00655. The molecule has 1 saturated carbocycles. The quantitative estimate of drug-likeness (QED) is 0.381. The summed E-state index contributed by atoms with van der Waals surface area (Å²) >= 11 is 0. The molecule has 0 aliphatic heterocycles. The van der Waals surface area contributed by atoms with E-state index in [-0.39, 0.29) is 23.7 Å². The first-order valence-corrected chi connectivity index (χ1v) is 10.0. The van der Waals surface area contributed by atoms with Gasteiger partial charge in [-0.05, 0) is 43.4 Å². The van der Waals surface area contributed by atoms with Gasteiger partial charge in [0.05, 0.1) is 6.10 Å². The summed E-state index contributed by atoms with van der Waals surface area (Å²) in [6.45, 7) is 6.34. The summed E-state index contributed by atoms with van der Waals surface area (Å²) in [5, 5.41) is 19.1. The molecule has 1 aliphatic rings. The van der Waals surface area contributed by atoms with E-state index in [1.165, 1.54) is 0 Å². The number of allylic oxidation sites excluding steroid dienone is 3. The largest absolute Gasteiger partial charge is 0.481 e. The molecule has 0 radical (unpaired) electrons. The highest BCUT2D eigenvalue weighted by atomic mass is 16.4. The van der Waals surface area contributed by atoms with Gasteiger partial charge in [0.1, 0.15) is 5.78 Å². The minimum Gasteiger partial charge on any atom is -0.481 e. The molecule has 3 atom stereocenters. The summed E-state index contributed by atoms with van der Waals surface area (Å²) in [5.74, 6) is -0.278. The molecule has 4 heteroatoms. The van der Waals surface area contributed by atoms with Crippen LogP contribution in [-0.4, -0.2) is 28.1 Å². The lowest BCUT2D eigenvalue weighted by atomic mass is 9.80. The van der Waals surface area contributed by atoms with Gasteiger partial charge >= 0.3 is 5.97 Å². The Morgan fingerprint density at radius 2 is 2.04 bits per heavy atom. The summed E-state index contributed by atoms with van der Waals surface area (Å²) in [6, 6.07) is 0. The molecule has 0 bridgehead atoms. The molecule has 0 unspecified atom stereocenters. The van der Waals surface area contributed by atoms with Crippen LogP contribution in [0.15, 0.2) is 24.3 Å². The average molecular weight is 365 g/mol. The van der Waals surface area contributed by atoms with Crippen molar-refractivity contribution in [2.45, 2.75) is 84.7 Å². The number of carboxylic acids is 1. The number of carboxylic acid groups (broad SMARTS) is 1. The molecule has 0 aromatic carbocycles. The Morgan fingerprint density at radius 3 is 2.69 bits per heavy atom. The first-order chi connectivity index (χ1) is 12.3. The second-order valence-corrected chi connectivity index (χ2v) is 8.19. The third-order valence-corrected chi connectivity index (χ3v) is 5.49. The van der Waals surface area contributed by atoms with Crippen LogP contribution in [0.25, 0.3) is 0 Å². The highest BCUT2D eigenvalue weighted by Crippen LogP contribution is 2.34. The number of aliphatic hydroxyl groups excluding tert-OH is 1. The van der Waals surface area contributed by atoms with Crippen molar-refractivity contribution in [1.29, 1.82) is 0 Å². The molecule has 0 spiro atoms. The molecule has 26 heavy (non-hydrogen) atoms. The van der Waals surface area contributed by atoms with E-state index in [4.69, 9.17) is 5.11 Å². The lowest BCUT2D eigenvalue weighted by Gasteiger charge is -2.29. The van der Waals surface area contributed by atoms with E-state index >= 15 is 0 Å². The van der Waals surface area contributed by atoms with Crippen molar-refractivity contribution in [2.75, 3.05) is 0 Å². The number of carbonyl (C=O) groups excluding carboxylic acids is 1. The lowest BCUT2D eigenvalue weighted by Crippen LogP contribution is -2.27. The zero-order valence-corrected chi connectivity index (χ0v) is 16.6. The Morgan fingerprint density at radius 1 is 1.31 bits per heavy atom. The monoisotopic (exact) mass is 364 g/mol. The summed E-state index contributed by atoms with van der Waals surface area (Å²) in [6.07, 6.45) is 14.4. The number of Topliss-reactive ketones (excluding diaryl/α,β-unsaturated/α-hetero) is 1. The van der Waals surface area contributed by atoms with Crippen molar-refractivity contribution in [1.82, 2.24) is 0 Å². The van der Waals surface area contributed by atoms with Gasteiger partial charge in [0.15, 0.2) is 0 Å². The van der Waals surface area contributed by atoms with Gasteiger partial charge in [-0.25, -0.2) is 0 Å². The molecule has 0 amide bonds. The van der Waals surface area contributed by atoms with Gasteiger partial charge in [0, 0.05) is 18.8 Å². The summed E-state index contributed by atoms with van der Waals surface area (Å²) < 4.78 is 0. The van der Waals surface area contributed by atoms with Crippen LogP contribution >= 0.6 is 0 Å². The first kappa shape index (κ1) is 22.6. The number of ketones is 1. The molecule has 0 saturated heterocycles. The molecular weight excluding hydrogens is 328 g/mol. The summed E-state index contributed by atoms with van der Waals surface area (Å²) in [5.41, 5.74) is -0.144. The number of carbonyl (C=O) groups is 2. The molecule has 4 nitrogen and oxygen atoms in total. The topological polar surface area (TPSA) is 74.6 Å². The smallest absolute Gasteiger partial charge is 0.303 e. The van der Waals surface area contributed by atoms with Crippen molar-refractivity contribution in [2.24, 2.45) is 17.3 Å². The van der Waals surface area contributed by atoms with Gasteiger partial charge in [0.25, 0.3) is 0 Å². The Balaban J connectivity index is 2.52. The van der Waals surface area contributed by atoms with E-state index in [0.717, 1.165) is 32.1 Å². The zero-order valence-electron chi connectivity index (χ0n) is 16.6. The van der Waals surface area contributed by atoms with Crippen LogP contribution < -0.4 is 0 Å². The lowest BCUT2D eigenvalue weighted by molar-refractivity contribution is -0.137. The molecule has 0 aromatic heterocycles. The minimum atomic E-state index is -0.769. The van der Waals surface area contributed by atoms with Crippen LogP contribution in [0.5, 0.6) is 0 Å². The van der Waals surface area contributed by atoms with Crippen LogP contribution in [0.4, 0.5) is 0 Å². The fourth-order valence-electron chi connectivity index (χ4n) is 3.49. The van der Waals surface area contributed by atoms with E-state index < -0.39 is 12.1 Å². The second kappa shape index (κ2) is 11.3. The van der Waals surface area contributed by atoms with Gasteiger partial charge in [-0.2, -0.15) is 0 Å². The maximum absolute atomic E-state index is 12.2. The number of hydrogen-bond acceptors (Lipinski definition) is 3. The van der Waals surface area contributed by atoms with Crippen molar-refractivity contribution < 1.29 is 19.8 Å². The van der Waals surface area contributed by atoms with Gasteiger partial charge in [-0.3, -0.25) is 9.59 Å². The number of hydrogen-bond donors (Lipinski definition) is 2. The van der Waals surface area contributed by atoms with E-state index in [9.17, 15) is 14.7 Å². The van der Waals surface area contributed by atoms with Crippen LogP contribution in [0.1, 0.15) is 78.6 Å². The van der Waals surface area contributed by atoms with Crippen LogP contribution in [0.2, 0.25) is 0 Å². The number of unbranched alkanes of at least 4 members (excludes halogenated alkanes) is 2. The van der Waals surface area contributed by atoms with Crippen LogP contribution in [0, 0.1) is 17.3 Å². The fourth-order valence-corrected chi connectivity index (χ4v) is 3.49. The van der Waals surface area contributed by atoms with Crippen LogP contribution in [-0.2, 0) is 9.59 Å². The Labute approximate surface area is 158 Å². The molecule has 2 N–H and O–H groups in total. The Bertz CT molecular complexity index is 504. The molecular formula is C22H36O4. The van der Waals surface area contributed by atoms with Crippen molar-refractivity contribution >= 4 is 11.8 Å². The van der Waals surface area contributed by atoms with Gasteiger partial charge in [-0.15, -0.1) is 0 Å². The predicted molar refractivity (Wildman–Crippen MR) is 105 cm³/mol. The van der Waals surface area contributed by atoms with Gasteiger partial charge in [-0.1, -0.05) is 57.9 Å². The molecule has 1 rings (SSSR count). The fraction of sp³-hybridized carbons (Fsp3) is 0.727. The van der Waals surface area contributed by atoms with Crippen LogP contribution in [0.3, 0.4) is 0 Å². The second-order valence-electron chi connectivity index (χ2n) is 8.19. The maximum Gasteiger partial charge on any atom is 0.303 e. The third-order valence-electron chi connectivity index (χ3n) is 5.49. The average Bonchev–Trinajstić information content (AvgIpc) is 2.93. The normalized spacial score (nSPS) is 22.5. The number of aliphatic carboxylic acids is 1. The Kier molecular flexibility index (Phi) is 9.85. The molecule has 0 heterocycles. The first-order valence-electron chi connectivity index (χ1n) is 10.0. The van der Waals surface area contributed by atoms with Crippen molar-refractivity contribution in [3.8, 4) is 0 Å². The Hall–Kier alpha value is -1.42. The third kappa shape index (κ3) is 7.86. The van der Waals surface area contributed by atoms with Gasteiger partial charge in [0.2, 0.25) is 0 Å². The van der Waals surface area contributed by atoms with E-state index in [2.05, 4.69) is 20.8 Å². The molecule has 1 aliphatic carbocycles. The van der Waals surface area contributed by atoms with E-state index in [1.807, 2.05) is 24.3 Å². The zero-order chi connectivity index (χ0) is 19.6. The number of aliphatic hydroxyl groups is 1. The molecule has 0 aromatic rings. The molecule has 1 fully saturated rings. The highest BCUT2D eigenvalue weighted by Gasteiger charge is 2.32. The maximum atomic E-state index is 12.2. The summed E-state index contributed by atoms with van der Waals surface area (Å²) in [7, 11) is 0. The summed E-state index contributed by atoms with van der Waals surface area (Å²) in [4.78, 5) is 22.7. The van der Waals surface area contributed by atoms with E-state index in [0.29, 0.717) is 25.0 Å². The van der Waals surface area contributed by atoms with Crippen molar-refractivity contribution in [3.05, 3.63) is 24.3 Å². The van der Waals surface area contributed by atoms with E-state index in [1.54, 1.807) is 0 Å². The standard InChI is InChI=1S/C22H36O4/c1-4-5-16-22(2,3)20(24)15-13-17-12-14-19(23)18(17)10-8-6-7-9-11-21(25)26/h6,8,13,15,17-18,20,24H,4-5,7,9-12,14,16H2,1-3H3,(H,25,26)/b8-6-,15-13+/t17-,18-,20+/m1/s1. The predicted octanol–water partition coefficient (Wildman–Crippen LogP) is 4.92. The molecule has 148 valence electrons. The number of rotatable bonds is 12. The SMILES string of the molecule is CCCCC(C)(C)[C@@H](O)/C=C/[C@H]1CCC(=O)[C@@H]1C/C=C\CCCC(=O)O. The van der Waals surface area contributed by atoms with Crippen molar-refractivity contribution in [3.63, 3.8) is 0 Å². The highest BCUT2D eigenvalue weighted by molar-refractivity contribution is 5.83. The van der Waals surface area contributed by atoms with Gasteiger partial charge < -0.3 is 10.2 Å².